The van der Waals surface area contributed by atoms with E-state index in [1.807, 2.05) is 0 Å². The van der Waals surface area contributed by atoms with Crippen molar-refractivity contribution in [1.29, 1.82) is 0 Å². The van der Waals surface area contributed by atoms with Crippen LogP contribution in [0.5, 0.6) is 0 Å². The number of hydrogen-bond donors (Lipinski definition) is 2. The van der Waals surface area contributed by atoms with Crippen molar-refractivity contribution in [1.82, 2.24) is 4.72 Å². The Kier molecular flexibility index (Phi) is 3.83. The van der Waals surface area contributed by atoms with E-state index in [0.717, 1.165) is 12.5 Å². The lowest BCUT2D eigenvalue weighted by Gasteiger charge is -2.10. The second-order valence-corrected chi connectivity index (χ2v) is 7.83. The van der Waals surface area contributed by atoms with Gasteiger partial charge in [-0.3, -0.25) is 0 Å². The summed E-state index contributed by atoms with van der Waals surface area (Å²) in [6, 6.07) is 3.62. The van der Waals surface area contributed by atoms with Crippen molar-refractivity contribution in [2.45, 2.75) is 25.2 Å². The van der Waals surface area contributed by atoms with Gasteiger partial charge in [0.1, 0.15) is 4.90 Å². The second-order valence-electron chi connectivity index (χ2n) is 5.69. The summed E-state index contributed by atoms with van der Waals surface area (Å²) in [5.41, 5.74) is 0.0522. The summed E-state index contributed by atoms with van der Waals surface area (Å²) in [7, 11) is -3.80. The van der Waals surface area contributed by atoms with Gasteiger partial charge >= 0.3 is 5.97 Å². The fourth-order valence-corrected chi connectivity index (χ4v) is 3.66. The molecule has 0 aliphatic heterocycles. The van der Waals surface area contributed by atoms with Gasteiger partial charge in [0.25, 0.3) is 0 Å². The zero-order valence-corrected chi connectivity index (χ0v) is 12.8. The number of carboxylic acids is 1. The molecule has 0 radical (unpaired) electrons. The molecule has 0 saturated heterocycles. The minimum absolute atomic E-state index is 0.0116. The average Bonchev–Trinajstić information content (AvgIpc) is 2.95. The second kappa shape index (κ2) is 5.02. The van der Waals surface area contributed by atoms with Crippen LogP contribution in [0.4, 0.5) is 0 Å². The summed E-state index contributed by atoms with van der Waals surface area (Å²) in [6.07, 6.45) is 0.971. The fraction of sp³-hybridized carbons (Fsp3) is 0.462. The number of halogens is 1. The molecule has 1 aliphatic carbocycles. The highest BCUT2D eigenvalue weighted by Crippen LogP contribution is 2.51. The predicted octanol–water partition coefficient (Wildman–Crippen LogP) is 2.36. The van der Waals surface area contributed by atoms with Crippen LogP contribution in [0.15, 0.2) is 23.1 Å². The van der Waals surface area contributed by atoms with E-state index in [0.29, 0.717) is 12.5 Å². The molecule has 2 rings (SSSR count). The molecular formula is C13H16ClNO4S. The third-order valence-electron chi connectivity index (χ3n) is 3.70. The highest BCUT2D eigenvalue weighted by molar-refractivity contribution is 7.89. The number of rotatable bonds is 5. The normalized spacial score (nSPS) is 20.6. The van der Waals surface area contributed by atoms with Gasteiger partial charge in [-0.25, -0.2) is 17.9 Å². The van der Waals surface area contributed by atoms with Gasteiger partial charge in [0.2, 0.25) is 10.0 Å². The number of sulfonamides is 1. The van der Waals surface area contributed by atoms with Crippen molar-refractivity contribution in [3.63, 3.8) is 0 Å². The van der Waals surface area contributed by atoms with Crippen molar-refractivity contribution in [2.24, 2.45) is 11.3 Å². The molecule has 1 saturated carbocycles. The number of carboxylic acid groups (broad SMARTS) is 1. The van der Waals surface area contributed by atoms with Crippen molar-refractivity contribution < 1.29 is 18.3 Å². The van der Waals surface area contributed by atoms with E-state index >= 15 is 0 Å². The average molecular weight is 318 g/mol. The Morgan fingerprint density at radius 3 is 2.60 bits per heavy atom. The standard InChI is InChI=1S/C13H16ClNO4S/c1-13(2)6-9(13)7-15-20(18,19)11-5-8(12(16)17)3-4-10(11)14/h3-5,9,15H,6-7H2,1-2H3,(H,16,17). The zero-order valence-electron chi connectivity index (χ0n) is 11.2. The van der Waals surface area contributed by atoms with Crippen LogP contribution in [-0.2, 0) is 10.0 Å². The van der Waals surface area contributed by atoms with Crippen molar-refractivity contribution in [3.8, 4) is 0 Å². The van der Waals surface area contributed by atoms with E-state index in [1.165, 1.54) is 12.1 Å². The molecule has 1 aliphatic rings. The summed E-state index contributed by atoms with van der Waals surface area (Å²) >= 11 is 5.86. The van der Waals surface area contributed by atoms with Crippen LogP contribution in [0.1, 0.15) is 30.6 Å². The molecule has 0 spiro atoms. The van der Waals surface area contributed by atoms with E-state index in [1.54, 1.807) is 0 Å². The fourth-order valence-electron chi connectivity index (χ4n) is 2.05. The molecule has 1 aromatic rings. The van der Waals surface area contributed by atoms with Crippen LogP contribution in [0.2, 0.25) is 5.02 Å². The van der Waals surface area contributed by atoms with E-state index < -0.39 is 16.0 Å². The molecule has 2 N–H and O–H groups in total. The monoisotopic (exact) mass is 317 g/mol. The van der Waals surface area contributed by atoms with Gasteiger partial charge in [-0.15, -0.1) is 0 Å². The lowest BCUT2D eigenvalue weighted by atomic mass is 10.1. The van der Waals surface area contributed by atoms with E-state index in [2.05, 4.69) is 18.6 Å². The third kappa shape index (κ3) is 3.13. The van der Waals surface area contributed by atoms with Crippen molar-refractivity contribution in [2.75, 3.05) is 6.54 Å². The van der Waals surface area contributed by atoms with Gasteiger partial charge in [-0.2, -0.15) is 0 Å². The first kappa shape index (κ1) is 15.3. The lowest BCUT2D eigenvalue weighted by molar-refractivity contribution is 0.0696. The first-order valence-corrected chi connectivity index (χ1v) is 8.02. The number of hydrogen-bond acceptors (Lipinski definition) is 3. The maximum atomic E-state index is 12.2. The Morgan fingerprint density at radius 2 is 2.10 bits per heavy atom. The maximum absolute atomic E-state index is 12.2. The van der Waals surface area contributed by atoms with Gasteiger partial charge in [0.15, 0.2) is 0 Å². The van der Waals surface area contributed by atoms with E-state index in [9.17, 15) is 13.2 Å². The lowest BCUT2D eigenvalue weighted by Crippen LogP contribution is -2.27. The Bertz CT molecular complexity index is 654. The van der Waals surface area contributed by atoms with Crippen LogP contribution in [0.3, 0.4) is 0 Å². The van der Waals surface area contributed by atoms with Gasteiger partial charge in [-0.1, -0.05) is 25.4 Å². The molecule has 1 aromatic carbocycles. The molecule has 1 unspecified atom stereocenters. The molecular weight excluding hydrogens is 302 g/mol. The molecule has 0 bridgehead atoms. The molecule has 0 aromatic heterocycles. The summed E-state index contributed by atoms with van der Waals surface area (Å²) < 4.78 is 26.9. The summed E-state index contributed by atoms with van der Waals surface area (Å²) in [6.45, 7) is 4.48. The van der Waals surface area contributed by atoms with Gasteiger partial charge in [-0.05, 0) is 36.0 Å². The molecule has 20 heavy (non-hydrogen) atoms. The Balaban J connectivity index is 2.20. The number of aromatic carboxylic acids is 1. The van der Waals surface area contributed by atoms with Gasteiger partial charge in [0, 0.05) is 6.54 Å². The van der Waals surface area contributed by atoms with Gasteiger partial charge < -0.3 is 5.11 Å². The van der Waals surface area contributed by atoms with Crippen LogP contribution in [0.25, 0.3) is 0 Å². The van der Waals surface area contributed by atoms with Crippen LogP contribution < -0.4 is 4.72 Å². The minimum atomic E-state index is -3.80. The maximum Gasteiger partial charge on any atom is 0.335 e. The SMILES string of the molecule is CC1(C)CC1CNS(=O)(=O)c1cc(C(=O)O)ccc1Cl. The van der Waals surface area contributed by atoms with Crippen molar-refractivity contribution >= 4 is 27.6 Å². The van der Waals surface area contributed by atoms with Crippen LogP contribution in [-0.4, -0.2) is 26.0 Å². The van der Waals surface area contributed by atoms with Gasteiger partial charge in [0.05, 0.1) is 10.6 Å². The van der Waals surface area contributed by atoms with Crippen molar-refractivity contribution in [3.05, 3.63) is 28.8 Å². The topological polar surface area (TPSA) is 83.5 Å². The largest absolute Gasteiger partial charge is 0.478 e. The number of benzene rings is 1. The first-order chi connectivity index (χ1) is 9.13. The van der Waals surface area contributed by atoms with Crippen LogP contribution in [0, 0.1) is 11.3 Å². The molecule has 1 atom stereocenters. The highest BCUT2D eigenvalue weighted by atomic mass is 35.5. The molecule has 0 heterocycles. The zero-order chi connectivity index (χ0) is 15.1. The molecule has 1 fully saturated rings. The highest BCUT2D eigenvalue weighted by Gasteiger charge is 2.45. The minimum Gasteiger partial charge on any atom is -0.478 e. The third-order valence-corrected chi connectivity index (χ3v) is 5.61. The van der Waals surface area contributed by atoms with Crippen LogP contribution >= 0.6 is 11.6 Å². The molecule has 110 valence electrons. The smallest absolute Gasteiger partial charge is 0.335 e. The molecule has 0 amide bonds. The Labute approximate surface area is 123 Å². The molecule has 5 nitrogen and oxygen atoms in total. The quantitative estimate of drug-likeness (QED) is 0.873. The Hall–Kier alpha value is -1.11. The first-order valence-electron chi connectivity index (χ1n) is 6.16. The summed E-state index contributed by atoms with van der Waals surface area (Å²) in [5, 5.41) is 8.92. The molecule has 7 heteroatoms. The van der Waals surface area contributed by atoms with E-state index in [-0.39, 0.29) is 20.9 Å². The number of carbonyl (C=O) groups is 1. The Morgan fingerprint density at radius 1 is 1.50 bits per heavy atom. The van der Waals surface area contributed by atoms with E-state index in [4.69, 9.17) is 16.7 Å². The predicted molar refractivity (Wildman–Crippen MR) is 75.5 cm³/mol. The number of nitrogens with one attached hydrogen (secondary N) is 1. The summed E-state index contributed by atoms with van der Waals surface area (Å²) in [5.74, 6) is -0.889. The summed E-state index contributed by atoms with van der Waals surface area (Å²) in [4.78, 5) is 10.7.